The Labute approximate surface area is 201 Å². The number of carboxylic acids is 1. The fourth-order valence-electron chi connectivity index (χ4n) is 3.78. The molecule has 1 aliphatic carbocycles. The summed E-state index contributed by atoms with van der Waals surface area (Å²) in [5, 5.41) is 8.75. The third kappa shape index (κ3) is 6.44. The lowest BCUT2D eigenvalue weighted by atomic mass is 10.0. The van der Waals surface area contributed by atoms with Crippen molar-refractivity contribution in [3.05, 3.63) is 84.2 Å². The van der Waals surface area contributed by atoms with E-state index in [0.29, 0.717) is 29.9 Å². The molecule has 3 aromatic rings. The van der Waals surface area contributed by atoms with Gasteiger partial charge in [0.15, 0.2) is 0 Å². The van der Waals surface area contributed by atoms with Crippen molar-refractivity contribution in [2.24, 2.45) is 0 Å². The number of hydrogen-bond acceptors (Lipinski definition) is 4. The van der Waals surface area contributed by atoms with Crippen molar-refractivity contribution in [3.8, 4) is 16.9 Å². The van der Waals surface area contributed by atoms with Crippen molar-refractivity contribution in [2.75, 3.05) is 6.61 Å². The summed E-state index contributed by atoms with van der Waals surface area (Å²) in [4.78, 5) is 30.0. The van der Waals surface area contributed by atoms with E-state index in [0.717, 1.165) is 36.8 Å². The molecule has 6 nitrogen and oxygen atoms in total. The van der Waals surface area contributed by atoms with Crippen LogP contribution in [0.3, 0.4) is 0 Å². The second kappa shape index (κ2) is 11.5. The van der Waals surface area contributed by atoms with Gasteiger partial charge >= 0.3 is 5.97 Å². The van der Waals surface area contributed by atoms with Crippen molar-refractivity contribution < 1.29 is 20.8 Å². The number of benzene rings is 2. The van der Waals surface area contributed by atoms with Gasteiger partial charge in [-0.1, -0.05) is 36.4 Å². The molecule has 2 aromatic carbocycles. The predicted molar refractivity (Wildman–Crippen MR) is 131 cm³/mol. The Hall–Kier alpha value is -3.67. The minimum atomic E-state index is -0.879. The second-order valence-electron chi connectivity index (χ2n) is 8.48. The average molecular weight is 460 g/mol. The third-order valence-corrected chi connectivity index (χ3v) is 5.79. The summed E-state index contributed by atoms with van der Waals surface area (Å²) in [6, 6.07) is 18.7. The number of aromatic nitrogens is 1. The number of carbonyl (C=O) groups is 2. The summed E-state index contributed by atoms with van der Waals surface area (Å²) in [5.41, 5.74) is 3.18. The summed E-state index contributed by atoms with van der Waals surface area (Å²) in [6.07, 6.45) is 7.57. The molecule has 34 heavy (non-hydrogen) atoms. The molecule has 1 heterocycles. The number of carbonyl (C=O) groups excluding carboxylic acids is 1. The Bertz CT molecular complexity index is 1130. The SMILES string of the molecule is [2H]C(c1ccccc1OCCCCCC(=O)O)N(C(=O)c1ccc(-c2cccnc2)cc1)C1CC1. The average Bonchev–Trinajstić information content (AvgIpc) is 3.72. The van der Waals surface area contributed by atoms with Gasteiger partial charge in [-0.05, 0) is 67.5 Å². The Morgan fingerprint density at radius 3 is 2.50 bits per heavy atom. The summed E-state index contributed by atoms with van der Waals surface area (Å²) < 4.78 is 14.9. The van der Waals surface area contributed by atoms with Gasteiger partial charge in [-0.15, -0.1) is 0 Å². The Morgan fingerprint density at radius 2 is 1.79 bits per heavy atom. The molecule has 1 aromatic heterocycles. The van der Waals surface area contributed by atoms with E-state index < -0.39 is 12.5 Å². The number of unbranched alkanes of at least 4 members (excludes halogenated alkanes) is 2. The highest BCUT2D eigenvalue weighted by molar-refractivity contribution is 5.95. The van der Waals surface area contributed by atoms with E-state index in [9.17, 15) is 9.59 Å². The highest BCUT2D eigenvalue weighted by Crippen LogP contribution is 2.32. The lowest BCUT2D eigenvalue weighted by Crippen LogP contribution is -2.32. The van der Waals surface area contributed by atoms with Crippen molar-refractivity contribution in [2.45, 2.75) is 51.1 Å². The maximum atomic E-state index is 13.5. The number of nitrogens with zero attached hydrogens (tertiary/aromatic N) is 2. The van der Waals surface area contributed by atoms with Crippen LogP contribution >= 0.6 is 0 Å². The molecule has 0 saturated heterocycles. The van der Waals surface area contributed by atoms with Crippen LogP contribution in [0.4, 0.5) is 0 Å². The molecular weight excluding hydrogens is 428 g/mol. The first-order valence-electron chi connectivity index (χ1n) is 12.3. The van der Waals surface area contributed by atoms with E-state index in [2.05, 4.69) is 4.98 Å². The fourth-order valence-corrected chi connectivity index (χ4v) is 3.78. The fraction of sp³-hybridized carbons (Fsp3) is 0.321. The molecular formula is C28H30N2O4. The molecule has 1 unspecified atom stereocenters. The molecule has 1 amide bonds. The van der Waals surface area contributed by atoms with Crippen LogP contribution in [0.5, 0.6) is 5.75 Å². The van der Waals surface area contributed by atoms with E-state index in [1.807, 2.05) is 60.7 Å². The molecule has 0 aliphatic heterocycles. The first kappa shape index (κ1) is 22.1. The number of carboxylic acid groups (broad SMARTS) is 1. The molecule has 1 aliphatic rings. The van der Waals surface area contributed by atoms with Gasteiger partial charge < -0.3 is 14.7 Å². The van der Waals surface area contributed by atoms with Crippen LogP contribution < -0.4 is 4.74 Å². The van der Waals surface area contributed by atoms with E-state index in [4.69, 9.17) is 11.2 Å². The maximum absolute atomic E-state index is 13.5. The van der Waals surface area contributed by atoms with E-state index in [1.54, 1.807) is 17.3 Å². The zero-order valence-electron chi connectivity index (χ0n) is 20.1. The molecule has 1 saturated carbocycles. The number of aliphatic carboxylic acids is 1. The number of rotatable bonds is 12. The van der Waals surface area contributed by atoms with Crippen molar-refractivity contribution in [1.29, 1.82) is 0 Å². The predicted octanol–water partition coefficient (Wildman–Crippen LogP) is 5.58. The minimum absolute atomic E-state index is 0.0482. The number of pyridine rings is 1. The first-order valence-corrected chi connectivity index (χ1v) is 11.7. The zero-order chi connectivity index (χ0) is 24.6. The van der Waals surface area contributed by atoms with Gasteiger partial charge in [0, 0.05) is 42.5 Å². The van der Waals surface area contributed by atoms with Gasteiger partial charge in [0.2, 0.25) is 0 Å². The molecule has 6 heteroatoms. The molecule has 0 bridgehead atoms. The molecule has 1 atom stereocenters. The van der Waals surface area contributed by atoms with Gasteiger partial charge in [-0.25, -0.2) is 0 Å². The van der Waals surface area contributed by atoms with Crippen molar-refractivity contribution >= 4 is 11.9 Å². The van der Waals surface area contributed by atoms with Gasteiger partial charge in [0.05, 0.1) is 7.98 Å². The lowest BCUT2D eigenvalue weighted by molar-refractivity contribution is -0.137. The summed E-state index contributed by atoms with van der Waals surface area (Å²) in [6.45, 7) is -0.438. The van der Waals surface area contributed by atoms with Crippen LogP contribution in [0, 0.1) is 0 Å². The number of hydrogen-bond donors (Lipinski definition) is 1. The maximum Gasteiger partial charge on any atom is 0.303 e. The van der Waals surface area contributed by atoms with E-state index in [-0.39, 0.29) is 18.4 Å². The normalized spacial score (nSPS) is 14.2. The Morgan fingerprint density at radius 1 is 1.00 bits per heavy atom. The largest absolute Gasteiger partial charge is 0.493 e. The van der Waals surface area contributed by atoms with Gasteiger partial charge in [0.25, 0.3) is 5.91 Å². The van der Waals surface area contributed by atoms with Crippen LogP contribution in [-0.2, 0) is 11.3 Å². The summed E-state index contributed by atoms with van der Waals surface area (Å²) >= 11 is 0. The minimum Gasteiger partial charge on any atom is -0.493 e. The number of para-hydroxylation sites is 1. The van der Waals surface area contributed by atoms with Crippen LogP contribution in [0.15, 0.2) is 73.1 Å². The van der Waals surface area contributed by atoms with Gasteiger partial charge in [-0.2, -0.15) is 0 Å². The first-order chi connectivity index (χ1) is 17.0. The monoisotopic (exact) mass is 459 g/mol. The van der Waals surface area contributed by atoms with Crippen molar-refractivity contribution in [3.63, 3.8) is 0 Å². The third-order valence-electron chi connectivity index (χ3n) is 5.79. The topological polar surface area (TPSA) is 79.7 Å². The smallest absolute Gasteiger partial charge is 0.303 e. The zero-order valence-corrected chi connectivity index (χ0v) is 19.1. The van der Waals surface area contributed by atoms with Crippen LogP contribution in [-0.4, -0.2) is 39.5 Å². The van der Waals surface area contributed by atoms with Crippen LogP contribution in [0.25, 0.3) is 11.1 Å². The molecule has 0 spiro atoms. The van der Waals surface area contributed by atoms with Gasteiger partial charge in [0.1, 0.15) is 5.75 Å². The molecule has 4 rings (SSSR count). The Kier molecular flexibility index (Phi) is 7.46. The van der Waals surface area contributed by atoms with Crippen molar-refractivity contribution in [1.82, 2.24) is 9.88 Å². The Balaban J connectivity index is 1.45. The molecule has 0 radical (unpaired) electrons. The highest BCUT2D eigenvalue weighted by atomic mass is 16.5. The number of amides is 1. The molecule has 176 valence electrons. The second-order valence-corrected chi connectivity index (χ2v) is 8.48. The lowest BCUT2D eigenvalue weighted by Gasteiger charge is -2.24. The molecule has 1 N–H and O–H groups in total. The van der Waals surface area contributed by atoms with Crippen LogP contribution in [0.1, 0.15) is 55.8 Å². The van der Waals surface area contributed by atoms with E-state index >= 15 is 0 Å². The van der Waals surface area contributed by atoms with Gasteiger partial charge in [-0.3, -0.25) is 14.6 Å². The van der Waals surface area contributed by atoms with Crippen LogP contribution in [0.2, 0.25) is 0 Å². The molecule has 1 fully saturated rings. The summed E-state index contributed by atoms with van der Waals surface area (Å²) in [7, 11) is 0. The van der Waals surface area contributed by atoms with E-state index in [1.165, 1.54) is 0 Å². The quantitative estimate of drug-likeness (QED) is 0.358. The standard InChI is InChI=1S/C28H30N2O4/c31-27(32)10-2-1-5-18-34-26-9-4-3-7-24(26)20-30(25-15-16-25)28(33)22-13-11-21(12-14-22)23-8-6-17-29-19-23/h3-4,6-9,11-14,17,19,25H,1-2,5,10,15-16,18,20H2,(H,31,32)/i20D. The number of ether oxygens (including phenoxy) is 1. The summed E-state index contributed by atoms with van der Waals surface area (Å²) in [5.74, 6) is -0.352. The highest BCUT2D eigenvalue weighted by Gasteiger charge is 2.33.